The van der Waals surface area contributed by atoms with E-state index in [9.17, 15) is 28.8 Å². The van der Waals surface area contributed by atoms with Gasteiger partial charge in [0, 0.05) is 44.7 Å². The largest absolute Gasteiger partial charge is 0.333 e. The summed E-state index contributed by atoms with van der Waals surface area (Å²) >= 11 is 0. The van der Waals surface area contributed by atoms with Crippen molar-refractivity contribution >= 4 is 41.1 Å². The molecular weight excluding hydrogens is 709 g/mol. The molecule has 2 N–H and O–H groups in total. The number of nitrogens with one attached hydrogen (secondary N) is 2. The van der Waals surface area contributed by atoms with Crippen LogP contribution in [-0.4, -0.2) is 82.1 Å². The molecule has 2 saturated heterocycles. The Hall–Kier alpha value is -3.37. The minimum absolute atomic E-state index is 0.0324. The molecule has 5 aliphatic rings. The van der Waals surface area contributed by atoms with Crippen molar-refractivity contribution in [3.63, 3.8) is 0 Å². The van der Waals surface area contributed by atoms with Gasteiger partial charge in [-0.15, -0.1) is 6.58 Å². The lowest BCUT2D eigenvalue weighted by atomic mass is 9.74. The van der Waals surface area contributed by atoms with E-state index in [1.165, 1.54) is 4.90 Å². The highest BCUT2D eigenvalue weighted by Crippen LogP contribution is 2.53. The second-order valence-electron chi connectivity index (χ2n) is 20.6. The maximum Gasteiger partial charge on any atom is 0.315 e. The van der Waals surface area contributed by atoms with Crippen LogP contribution >= 0.6 is 0 Å². The third-order valence-corrected chi connectivity index (χ3v) is 14.2. The van der Waals surface area contributed by atoms with E-state index in [2.05, 4.69) is 31.1 Å². The van der Waals surface area contributed by atoms with E-state index >= 15 is 4.79 Å². The van der Waals surface area contributed by atoms with E-state index in [-0.39, 0.29) is 78.9 Å². The molecule has 56 heavy (non-hydrogen) atoms. The van der Waals surface area contributed by atoms with Crippen molar-refractivity contribution in [2.45, 2.75) is 169 Å². The summed E-state index contributed by atoms with van der Waals surface area (Å²) < 4.78 is 0. The molecule has 2 aliphatic heterocycles. The van der Waals surface area contributed by atoms with E-state index in [0.717, 1.165) is 64.2 Å². The monoisotopic (exact) mass is 779 g/mol. The Morgan fingerprint density at radius 2 is 1.54 bits per heavy atom. The zero-order valence-corrected chi connectivity index (χ0v) is 35.4. The van der Waals surface area contributed by atoms with Gasteiger partial charge in [0.05, 0.1) is 12.1 Å². The highest BCUT2D eigenvalue weighted by molar-refractivity contribution is 6.38. The number of ketones is 3. The second kappa shape index (κ2) is 17.6. The predicted octanol–water partition coefficient (Wildman–Crippen LogP) is 6.96. The van der Waals surface area contributed by atoms with Gasteiger partial charge in [0.2, 0.25) is 23.5 Å². The Bertz CT molecular complexity index is 1510. The van der Waals surface area contributed by atoms with Crippen molar-refractivity contribution in [1.29, 1.82) is 0 Å². The summed E-state index contributed by atoms with van der Waals surface area (Å²) in [7, 11) is 0. The molecule has 0 aromatic carbocycles. The van der Waals surface area contributed by atoms with Crippen molar-refractivity contribution in [2.24, 2.45) is 45.8 Å². The molecule has 0 aromatic rings. The van der Waals surface area contributed by atoms with Crippen LogP contribution in [0.15, 0.2) is 12.7 Å². The van der Waals surface area contributed by atoms with Gasteiger partial charge in [-0.1, -0.05) is 93.1 Å². The molecule has 5 amide bonds. The molecule has 11 nitrogen and oxygen atoms in total. The molecule has 2 heterocycles. The van der Waals surface area contributed by atoms with Crippen LogP contribution in [0.3, 0.4) is 0 Å². The molecule has 5 rings (SSSR count). The van der Waals surface area contributed by atoms with Crippen LogP contribution in [-0.2, 0) is 28.8 Å². The third-order valence-electron chi connectivity index (χ3n) is 14.2. The first-order valence-electron chi connectivity index (χ1n) is 21.6. The summed E-state index contributed by atoms with van der Waals surface area (Å²) in [6.45, 7) is 18.2. The number of piperidine rings is 1. The van der Waals surface area contributed by atoms with E-state index in [1.807, 2.05) is 34.6 Å². The van der Waals surface area contributed by atoms with Crippen LogP contribution in [0.25, 0.3) is 0 Å². The first-order valence-corrected chi connectivity index (χ1v) is 21.6. The van der Waals surface area contributed by atoms with Crippen molar-refractivity contribution in [3.05, 3.63) is 12.7 Å². The number of fused-ring (bicyclic) bond motifs is 1. The highest BCUT2D eigenvalue weighted by Gasteiger charge is 2.57. The summed E-state index contributed by atoms with van der Waals surface area (Å²) in [5.41, 5.74) is -1.03. The van der Waals surface area contributed by atoms with Crippen molar-refractivity contribution < 1.29 is 33.6 Å². The van der Waals surface area contributed by atoms with Crippen LogP contribution in [0.1, 0.15) is 151 Å². The van der Waals surface area contributed by atoms with Crippen molar-refractivity contribution in [1.82, 2.24) is 20.4 Å². The molecule has 11 heteroatoms. The standard InChI is InChI=1S/C45H70N4O7/c1-9-10-19-33(50)40(54)30(22-28-15-14-16-28)23-34(51)39-31-20-21-45(7,8)32(31)26-49(39)41(55)38(29-17-12-11-13-18-29)47-42(56)46-35(43(2,3)4)27-48-36(52)24-44(5,6)25-37(48)53/h9,28-32,35,38-39H,1,10-27H2,2-8H3,(H2,46,47,56)/t30?,31-,32-,35+,38-,39-/m0/s1. The molecule has 0 bridgehead atoms. The van der Waals surface area contributed by atoms with Gasteiger partial charge in [-0.2, -0.15) is 0 Å². The minimum atomic E-state index is -0.875. The van der Waals surface area contributed by atoms with Gasteiger partial charge in [0.15, 0.2) is 11.6 Å². The summed E-state index contributed by atoms with van der Waals surface area (Å²) in [6.07, 6.45) is 12.3. The number of carbonyl (C=O) groups is 7. The zero-order chi connectivity index (χ0) is 41.2. The number of carbonyl (C=O) groups excluding carboxylic acids is 7. The first kappa shape index (κ1) is 43.7. The van der Waals surface area contributed by atoms with Crippen molar-refractivity contribution in [2.75, 3.05) is 13.1 Å². The van der Waals surface area contributed by atoms with E-state index in [1.54, 1.807) is 11.0 Å². The van der Waals surface area contributed by atoms with Crippen LogP contribution < -0.4 is 10.6 Å². The molecule has 0 radical (unpaired) electrons. The fourth-order valence-corrected chi connectivity index (χ4v) is 10.3. The number of nitrogens with zero attached hydrogens (tertiary/aromatic N) is 2. The number of likely N-dealkylation sites (tertiary alicyclic amines) is 2. The minimum Gasteiger partial charge on any atom is -0.333 e. The first-order chi connectivity index (χ1) is 26.2. The summed E-state index contributed by atoms with van der Waals surface area (Å²) in [5, 5.41) is 6.12. The molecule has 5 fully saturated rings. The average molecular weight is 779 g/mol. The van der Waals surface area contributed by atoms with Crippen LogP contribution in [0.5, 0.6) is 0 Å². The fraction of sp³-hybridized carbons (Fsp3) is 0.800. The SMILES string of the molecule is C=CCCC(=O)C(=O)C(CC(=O)[C@@H]1[C@H]2CCC(C)(C)[C@H]2CN1C(=O)[C@@H](NC(=O)N[C@H](CN1C(=O)CC(C)(C)CC1=O)C(C)(C)C)C1CCCCC1)CC1CCC1. The summed E-state index contributed by atoms with van der Waals surface area (Å²) in [4.78, 5) is 99.6. The van der Waals surface area contributed by atoms with Gasteiger partial charge in [0.25, 0.3) is 0 Å². The molecule has 3 aliphatic carbocycles. The number of rotatable bonds is 16. The molecule has 0 aromatic heterocycles. The average Bonchev–Trinajstić information content (AvgIpc) is 3.63. The Balaban J connectivity index is 1.39. The van der Waals surface area contributed by atoms with Crippen LogP contribution in [0, 0.1) is 45.8 Å². The normalized spacial score (nSPS) is 26.8. The lowest BCUT2D eigenvalue weighted by Gasteiger charge is -2.40. The molecule has 6 atom stereocenters. The molecule has 0 spiro atoms. The fourth-order valence-electron chi connectivity index (χ4n) is 10.3. The number of imide groups is 1. The quantitative estimate of drug-likeness (QED) is 0.0978. The number of urea groups is 1. The maximum absolute atomic E-state index is 15.1. The van der Waals surface area contributed by atoms with E-state index in [4.69, 9.17) is 0 Å². The second-order valence-corrected chi connectivity index (χ2v) is 20.6. The van der Waals surface area contributed by atoms with Crippen LogP contribution in [0.4, 0.5) is 4.79 Å². The van der Waals surface area contributed by atoms with Gasteiger partial charge in [-0.3, -0.25) is 33.7 Å². The predicted molar refractivity (Wildman–Crippen MR) is 215 cm³/mol. The Labute approximate surface area is 335 Å². The molecular formula is C45H70N4O7. The summed E-state index contributed by atoms with van der Waals surface area (Å²) in [6, 6.07) is -2.73. The third kappa shape index (κ3) is 10.2. The number of amides is 5. The number of hydrogen-bond donors (Lipinski definition) is 2. The van der Waals surface area contributed by atoms with E-state index < -0.39 is 52.5 Å². The van der Waals surface area contributed by atoms with Gasteiger partial charge >= 0.3 is 6.03 Å². The lowest BCUT2D eigenvalue weighted by molar-refractivity contribution is -0.153. The zero-order valence-electron chi connectivity index (χ0n) is 35.4. The molecule has 3 saturated carbocycles. The van der Waals surface area contributed by atoms with Gasteiger partial charge < -0.3 is 15.5 Å². The number of Topliss-reactive ketones (excluding diaryl/α,β-unsaturated/α-hetero) is 3. The van der Waals surface area contributed by atoms with Crippen molar-refractivity contribution in [3.8, 4) is 0 Å². The Morgan fingerprint density at radius 1 is 0.893 bits per heavy atom. The molecule has 312 valence electrons. The van der Waals surface area contributed by atoms with Crippen LogP contribution in [0.2, 0.25) is 0 Å². The van der Waals surface area contributed by atoms with Gasteiger partial charge in [-0.05, 0) is 78.4 Å². The van der Waals surface area contributed by atoms with Gasteiger partial charge in [-0.25, -0.2) is 4.79 Å². The van der Waals surface area contributed by atoms with E-state index in [0.29, 0.717) is 25.3 Å². The Kier molecular flexibility index (Phi) is 13.8. The Morgan fingerprint density at radius 3 is 2.11 bits per heavy atom. The smallest absolute Gasteiger partial charge is 0.315 e. The molecule has 1 unspecified atom stereocenters. The number of hydrogen-bond acceptors (Lipinski definition) is 7. The number of allylic oxidation sites excluding steroid dienone is 1. The maximum atomic E-state index is 15.1. The van der Waals surface area contributed by atoms with Gasteiger partial charge in [0.1, 0.15) is 6.04 Å². The lowest BCUT2D eigenvalue weighted by Crippen LogP contribution is -2.61. The topological polar surface area (TPSA) is 150 Å². The summed E-state index contributed by atoms with van der Waals surface area (Å²) in [5.74, 6) is -2.35. The highest BCUT2D eigenvalue weighted by atomic mass is 16.2.